The highest BCUT2D eigenvalue weighted by Gasteiger charge is 2.49. The molecule has 108 valence electrons. The second-order valence-corrected chi connectivity index (χ2v) is 5.62. The molecule has 0 aromatic rings. The molecule has 1 fully saturated rings. The van der Waals surface area contributed by atoms with Gasteiger partial charge in [-0.25, -0.2) is 4.79 Å². The maximum atomic E-state index is 12.4. The van der Waals surface area contributed by atoms with Crippen LogP contribution in [-0.2, 0) is 14.3 Å². The van der Waals surface area contributed by atoms with Gasteiger partial charge in [0.25, 0.3) is 0 Å². The molecule has 0 aromatic carbocycles. The van der Waals surface area contributed by atoms with Crippen molar-refractivity contribution in [1.29, 1.82) is 0 Å². The van der Waals surface area contributed by atoms with Gasteiger partial charge in [0.1, 0.15) is 5.54 Å². The summed E-state index contributed by atoms with van der Waals surface area (Å²) in [6.45, 7) is 11.8. The fraction of sp³-hybridized carbons (Fsp3) is 0.714. The predicted molar refractivity (Wildman–Crippen MR) is 73.3 cm³/mol. The summed E-state index contributed by atoms with van der Waals surface area (Å²) in [6, 6.07) is -0.611. The van der Waals surface area contributed by atoms with Crippen LogP contribution >= 0.6 is 0 Å². The van der Waals surface area contributed by atoms with Gasteiger partial charge < -0.3 is 15.4 Å². The fourth-order valence-corrected chi connectivity index (χ4v) is 2.29. The molecular formula is C14H24N2O3. The number of esters is 1. The summed E-state index contributed by atoms with van der Waals surface area (Å²) in [5, 5.41) is 0. The van der Waals surface area contributed by atoms with Crippen LogP contribution in [0.15, 0.2) is 12.2 Å². The molecule has 1 aliphatic heterocycles. The molecule has 2 N–H and O–H groups in total. The van der Waals surface area contributed by atoms with Gasteiger partial charge in [-0.05, 0) is 19.8 Å². The van der Waals surface area contributed by atoms with E-state index in [4.69, 9.17) is 10.5 Å². The average Bonchev–Trinajstić information content (AvgIpc) is 2.64. The molecule has 0 unspecified atom stereocenters. The van der Waals surface area contributed by atoms with Crippen LogP contribution in [0.3, 0.4) is 0 Å². The molecule has 2 atom stereocenters. The van der Waals surface area contributed by atoms with Crippen LogP contribution < -0.4 is 5.73 Å². The van der Waals surface area contributed by atoms with Gasteiger partial charge in [-0.15, -0.1) is 0 Å². The standard InChI is InChI=1S/C14H24N2O3/c1-6-19-13(18)14(5)7-10(4)8-16(14)12(17)11(15)9(2)3/h9,11H,4,6-8,15H2,1-3,5H3/t11-,14-/m0/s1. The van der Waals surface area contributed by atoms with E-state index in [2.05, 4.69) is 6.58 Å². The number of rotatable bonds is 4. The second-order valence-electron chi connectivity index (χ2n) is 5.62. The minimum atomic E-state index is -0.976. The second kappa shape index (κ2) is 5.74. The van der Waals surface area contributed by atoms with Gasteiger partial charge in [0.05, 0.1) is 12.6 Å². The van der Waals surface area contributed by atoms with Gasteiger partial charge in [-0.3, -0.25) is 4.79 Å². The third kappa shape index (κ3) is 2.97. The summed E-state index contributed by atoms with van der Waals surface area (Å²) in [7, 11) is 0. The van der Waals surface area contributed by atoms with Crippen molar-refractivity contribution in [2.45, 2.75) is 45.7 Å². The summed E-state index contributed by atoms with van der Waals surface area (Å²) >= 11 is 0. The third-order valence-electron chi connectivity index (χ3n) is 3.56. The number of hydrogen-bond donors (Lipinski definition) is 1. The van der Waals surface area contributed by atoms with Crippen molar-refractivity contribution in [2.75, 3.05) is 13.2 Å². The highest BCUT2D eigenvalue weighted by Crippen LogP contribution is 2.33. The van der Waals surface area contributed by atoms with Gasteiger partial charge in [0.2, 0.25) is 5.91 Å². The molecule has 1 rings (SSSR count). The molecule has 0 saturated carbocycles. The predicted octanol–water partition coefficient (Wildman–Crippen LogP) is 1.08. The molecule has 0 bridgehead atoms. The number of nitrogens with two attached hydrogens (primary N) is 1. The van der Waals surface area contributed by atoms with Gasteiger partial charge in [-0.1, -0.05) is 26.0 Å². The quantitative estimate of drug-likeness (QED) is 0.611. The lowest BCUT2D eigenvalue weighted by Crippen LogP contribution is -2.57. The van der Waals surface area contributed by atoms with E-state index in [1.54, 1.807) is 13.8 Å². The summed E-state index contributed by atoms with van der Waals surface area (Å²) in [6.07, 6.45) is 0.433. The van der Waals surface area contributed by atoms with Crippen molar-refractivity contribution < 1.29 is 14.3 Å². The van der Waals surface area contributed by atoms with E-state index in [1.807, 2.05) is 13.8 Å². The average molecular weight is 268 g/mol. The topological polar surface area (TPSA) is 72.6 Å². The lowest BCUT2D eigenvalue weighted by Gasteiger charge is -2.34. The van der Waals surface area contributed by atoms with Crippen LogP contribution in [0.4, 0.5) is 0 Å². The fourth-order valence-electron chi connectivity index (χ4n) is 2.29. The van der Waals surface area contributed by atoms with E-state index < -0.39 is 17.6 Å². The van der Waals surface area contributed by atoms with Gasteiger partial charge in [-0.2, -0.15) is 0 Å². The van der Waals surface area contributed by atoms with Gasteiger partial charge in [0, 0.05) is 13.0 Å². The number of carbonyl (C=O) groups excluding carboxylic acids is 2. The Balaban J connectivity index is 3.00. The minimum Gasteiger partial charge on any atom is -0.464 e. The number of nitrogens with zero attached hydrogens (tertiary/aromatic N) is 1. The van der Waals surface area contributed by atoms with Crippen molar-refractivity contribution in [3.63, 3.8) is 0 Å². The molecule has 19 heavy (non-hydrogen) atoms. The first-order valence-electron chi connectivity index (χ1n) is 6.65. The zero-order valence-electron chi connectivity index (χ0n) is 12.2. The SMILES string of the molecule is C=C1CN(C(=O)[C@@H](N)C(C)C)[C@](C)(C(=O)OCC)C1. The Morgan fingerprint density at radius 1 is 1.53 bits per heavy atom. The van der Waals surface area contributed by atoms with Crippen molar-refractivity contribution in [1.82, 2.24) is 4.90 Å². The molecule has 5 heteroatoms. The van der Waals surface area contributed by atoms with Crippen LogP contribution in [-0.4, -0.2) is 41.5 Å². The van der Waals surface area contributed by atoms with Crippen LogP contribution in [0.2, 0.25) is 0 Å². The monoisotopic (exact) mass is 268 g/mol. The van der Waals surface area contributed by atoms with Crippen molar-refractivity contribution in [3.05, 3.63) is 12.2 Å². The van der Waals surface area contributed by atoms with E-state index in [1.165, 1.54) is 4.90 Å². The van der Waals surface area contributed by atoms with E-state index in [-0.39, 0.29) is 11.8 Å². The molecule has 1 heterocycles. The normalized spacial score (nSPS) is 24.7. The molecule has 0 radical (unpaired) electrons. The van der Waals surface area contributed by atoms with Crippen molar-refractivity contribution >= 4 is 11.9 Å². The summed E-state index contributed by atoms with van der Waals surface area (Å²) in [5.41, 5.74) is 5.78. The van der Waals surface area contributed by atoms with E-state index >= 15 is 0 Å². The van der Waals surface area contributed by atoms with Gasteiger partial charge >= 0.3 is 5.97 Å². The molecule has 1 saturated heterocycles. The molecule has 0 aromatic heterocycles. The number of hydrogen-bond acceptors (Lipinski definition) is 4. The van der Waals surface area contributed by atoms with Gasteiger partial charge in [0.15, 0.2) is 0 Å². The summed E-state index contributed by atoms with van der Waals surface area (Å²) in [5.74, 6) is -0.588. The molecule has 5 nitrogen and oxygen atoms in total. The van der Waals surface area contributed by atoms with E-state index in [0.717, 1.165) is 5.57 Å². The highest BCUT2D eigenvalue weighted by atomic mass is 16.5. The van der Waals surface area contributed by atoms with Crippen LogP contribution in [0, 0.1) is 5.92 Å². The Morgan fingerprint density at radius 2 is 2.11 bits per heavy atom. The molecule has 1 amide bonds. The number of amides is 1. The summed E-state index contributed by atoms with van der Waals surface area (Å²) < 4.78 is 5.08. The first-order valence-corrected chi connectivity index (χ1v) is 6.65. The van der Waals surface area contributed by atoms with Crippen LogP contribution in [0.1, 0.15) is 34.1 Å². The molecular weight excluding hydrogens is 244 g/mol. The number of ether oxygens (including phenoxy) is 1. The lowest BCUT2D eigenvalue weighted by atomic mass is 9.96. The minimum absolute atomic E-state index is 0.0211. The van der Waals surface area contributed by atoms with E-state index in [0.29, 0.717) is 19.6 Å². The maximum Gasteiger partial charge on any atom is 0.332 e. The number of carbonyl (C=O) groups is 2. The Hall–Kier alpha value is -1.36. The zero-order chi connectivity index (χ0) is 14.8. The van der Waals surface area contributed by atoms with Crippen molar-refractivity contribution in [3.8, 4) is 0 Å². The first-order chi connectivity index (χ1) is 8.74. The maximum absolute atomic E-state index is 12.4. The highest BCUT2D eigenvalue weighted by molar-refractivity contribution is 5.91. The Labute approximate surface area is 114 Å². The van der Waals surface area contributed by atoms with Crippen molar-refractivity contribution in [2.24, 2.45) is 11.7 Å². The Morgan fingerprint density at radius 3 is 2.58 bits per heavy atom. The first kappa shape index (κ1) is 15.7. The molecule has 0 aliphatic carbocycles. The van der Waals surface area contributed by atoms with Crippen LogP contribution in [0.5, 0.6) is 0 Å². The smallest absolute Gasteiger partial charge is 0.332 e. The Kier molecular flexibility index (Phi) is 4.74. The number of likely N-dealkylation sites (tertiary alicyclic amines) is 1. The Bertz CT molecular complexity index is 392. The van der Waals surface area contributed by atoms with E-state index in [9.17, 15) is 9.59 Å². The zero-order valence-corrected chi connectivity index (χ0v) is 12.2. The largest absolute Gasteiger partial charge is 0.464 e. The van der Waals surface area contributed by atoms with Crippen LogP contribution in [0.25, 0.3) is 0 Å². The molecule has 1 aliphatic rings. The third-order valence-corrected chi connectivity index (χ3v) is 3.56. The summed E-state index contributed by atoms with van der Waals surface area (Å²) in [4.78, 5) is 26.0. The molecule has 0 spiro atoms. The lowest BCUT2D eigenvalue weighted by molar-refractivity contribution is -0.161.